The third-order valence-corrected chi connectivity index (χ3v) is 0. The van der Waals surface area contributed by atoms with E-state index < -0.39 is 0 Å². The summed E-state index contributed by atoms with van der Waals surface area (Å²) >= 11 is 0. The Morgan fingerprint density at radius 1 is 1.43 bits per heavy atom. The van der Waals surface area contributed by atoms with Crippen molar-refractivity contribution in [2.75, 3.05) is 7.05 Å². The molecule has 3 nitrogen and oxygen atoms in total. The van der Waals surface area contributed by atoms with Gasteiger partial charge in [-0.25, -0.2) is 0 Å². The van der Waals surface area contributed by atoms with E-state index in [-0.39, 0.29) is 96.2 Å². The van der Waals surface area contributed by atoms with Gasteiger partial charge in [-0.05, 0) is 7.05 Å². The molecule has 2 radical (unpaired) electrons. The maximum atomic E-state index is 5.86. The van der Waals surface area contributed by atoms with Gasteiger partial charge in [-0.1, -0.05) is 0 Å². The average Bonchev–Trinajstić information content (AvgIpc) is 1.46. The molecule has 0 bridgehead atoms. The molecule has 0 aromatic carbocycles. The number of hydrogen-bond acceptors (Lipinski definition) is 2. The first kappa shape index (κ1) is 22.7. The summed E-state index contributed by atoms with van der Waals surface area (Å²) in [6.45, 7) is 0. The van der Waals surface area contributed by atoms with Gasteiger partial charge in [-0.3, -0.25) is 5.41 Å². The van der Waals surface area contributed by atoms with E-state index in [2.05, 4.69) is 11.5 Å². The fraction of sp³-hybridized carbons (Fsp3) is 0.500. The molecule has 7 heavy (non-hydrogen) atoms. The van der Waals surface area contributed by atoms with Crippen molar-refractivity contribution in [3.8, 4) is 0 Å². The van der Waals surface area contributed by atoms with Crippen LogP contribution in [0.1, 0.15) is 0 Å². The quantitative estimate of drug-likeness (QED) is 0.233. The van der Waals surface area contributed by atoms with E-state index in [9.17, 15) is 0 Å². The Morgan fingerprint density at radius 2 is 1.43 bits per heavy atom. The number of nitrogens with one attached hydrogen (secondary N) is 1. The van der Waals surface area contributed by atoms with Crippen LogP contribution in [0.4, 0.5) is 0 Å². The predicted molar refractivity (Wildman–Crippen MR) is 38.8 cm³/mol. The molecule has 0 aromatic heterocycles. The summed E-state index contributed by atoms with van der Waals surface area (Å²) in [6, 6.07) is 0. The van der Waals surface area contributed by atoms with Crippen LogP contribution < -0.4 is 11.5 Å². The second-order valence-corrected chi connectivity index (χ2v) is 0.167. The Balaban J connectivity index is -0.0000000105. The van der Waals surface area contributed by atoms with Crippen LogP contribution in [-0.4, -0.2) is 110 Å². The first-order valence-electron chi connectivity index (χ1n) is 1.20. The van der Waals surface area contributed by atoms with Crippen molar-refractivity contribution in [1.82, 2.24) is 0 Å². The fourth-order valence-corrected chi connectivity index (χ4v) is 0. The molecule has 0 saturated carbocycles. The van der Waals surface area contributed by atoms with E-state index in [4.69, 9.17) is 5.41 Å². The van der Waals surface area contributed by atoms with Crippen LogP contribution in [0, 0.1) is 5.41 Å². The molecule has 40 valence electrons. The first-order chi connectivity index (χ1) is 2.41. The Hall–Kier alpha value is 2.40. The van der Waals surface area contributed by atoms with E-state index in [0.29, 0.717) is 0 Å². The molecular formula is C2H12CsN3Pb. The molecular weight excluding hydrogens is 406 g/mol. The predicted octanol–water partition coefficient (Wildman–Crippen LogP) is -2.44. The molecule has 5 heteroatoms. The Labute approximate surface area is 123 Å². The third kappa shape index (κ3) is 59.6. The van der Waals surface area contributed by atoms with Crippen molar-refractivity contribution in [1.29, 1.82) is 5.41 Å². The minimum absolute atomic E-state index is 0. The van der Waals surface area contributed by atoms with Gasteiger partial charge in [0.1, 0.15) is 0 Å². The van der Waals surface area contributed by atoms with Gasteiger partial charge in [-0.15, -0.1) is 0 Å². The zero-order valence-electron chi connectivity index (χ0n) is 3.94. The molecule has 0 aliphatic carbocycles. The van der Waals surface area contributed by atoms with Crippen molar-refractivity contribution in [3.63, 3.8) is 0 Å². The minimum atomic E-state index is 0. The van der Waals surface area contributed by atoms with Gasteiger partial charge in [0.05, 0.1) is 6.34 Å². The van der Waals surface area contributed by atoms with Crippen LogP contribution in [0.25, 0.3) is 0 Å². The molecule has 5 N–H and O–H groups in total. The van der Waals surface area contributed by atoms with E-state index in [0.717, 1.165) is 6.34 Å². The summed E-state index contributed by atoms with van der Waals surface area (Å²) in [5.41, 5.74) is 8.89. The third-order valence-electron chi connectivity index (χ3n) is 0. The fourth-order valence-electron chi connectivity index (χ4n) is 0. The van der Waals surface area contributed by atoms with Crippen LogP contribution in [-0.2, 0) is 0 Å². The normalized spacial score (nSPS) is 2.57. The van der Waals surface area contributed by atoms with Gasteiger partial charge < -0.3 is 11.5 Å². The summed E-state index contributed by atoms with van der Waals surface area (Å²) in [6.07, 6.45) is 0.750. The molecule has 0 rings (SSSR count). The van der Waals surface area contributed by atoms with Crippen LogP contribution in [0.5, 0.6) is 0 Å². The summed E-state index contributed by atoms with van der Waals surface area (Å²) in [7, 11) is 1.50. The molecule has 0 aliphatic heterocycles. The second-order valence-electron chi connectivity index (χ2n) is 0.167. The van der Waals surface area contributed by atoms with Crippen LogP contribution in [0.2, 0.25) is 0 Å². The van der Waals surface area contributed by atoms with E-state index in [1.165, 1.54) is 7.05 Å². The van der Waals surface area contributed by atoms with Gasteiger partial charge in [-0.2, -0.15) is 0 Å². The van der Waals surface area contributed by atoms with Gasteiger partial charge in [0, 0.05) is 0 Å². The van der Waals surface area contributed by atoms with E-state index >= 15 is 0 Å². The number of rotatable bonds is 0. The van der Waals surface area contributed by atoms with Gasteiger partial charge in [0.25, 0.3) is 0 Å². The summed E-state index contributed by atoms with van der Waals surface area (Å²) in [5.74, 6) is 0. The molecule has 0 unspecified atom stereocenters. The number of hydrogen-bond donors (Lipinski definition) is 3. The van der Waals surface area contributed by atoms with Gasteiger partial charge in [0.15, 0.2) is 0 Å². The SMILES string of the molecule is CN.N=CN.[CsH].[PbH2]. The monoisotopic (exact) mass is 419 g/mol. The maximum absolute atomic E-state index is 5.86. The van der Waals surface area contributed by atoms with Gasteiger partial charge >= 0.3 is 96.2 Å². The molecule has 0 atom stereocenters. The summed E-state index contributed by atoms with van der Waals surface area (Å²) in [4.78, 5) is 0. The van der Waals surface area contributed by atoms with Crippen LogP contribution >= 0.6 is 0 Å². The van der Waals surface area contributed by atoms with E-state index in [1.54, 1.807) is 0 Å². The summed E-state index contributed by atoms with van der Waals surface area (Å²) < 4.78 is 0. The van der Waals surface area contributed by atoms with Crippen LogP contribution in [0.15, 0.2) is 0 Å². The molecule has 0 fully saturated rings. The van der Waals surface area contributed by atoms with Crippen LogP contribution in [0.3, 0.4) is 0 Å². The Kier molecular flexibility index (Phi) is 129. The Morgan fingerprint density at radius 3 is 1.43 bits per heavy atom. The standard InChI is InChI=1S/CH4N2.CH5N.Cs.Pb.3H/c2-1-3;1-2;;;;;/h1H,(H3,2,3);2H2,1H3;;;;;. The topological polar surface area (TPSA) is 75.9 Å². The number of nitrogens with two attached hydrogens (primary N) is 2. The zero-order chi connectivity index (χ0) is 4.71. The molecule has 0 amide bonds. The van der Waals surface area contributed by atoms with Crippen molar-refractivity contribution in [3.05, 3.63) is 0 Å². The first-order valence-corrected chi connectivity index (χ1v) is 1.20. The zero-order valence-corrected chi connectivity index (χ0v) is 9.44. The van der Waals surface area contributed by atoms with Crippen molar-refractivity contribution >= 4 is 103 Å². The van der Waals surface area contributed by atoms with Crippen molar-refractivity contribution < 1.29 is 0 Å². The molecule has 0 spiro atoms. The van der Waals surface area contributed by atoms with Crippen molar-refractivity contribution in [2.45, 2.75) is 0 Å². The average molecular weight is 418 g/mol. The second kappa shape index (κ2) is 39.8. The molecule has 0 aromatic rings. The molecule has 0 saturated heterocycles. The Bertz CT molecular complexity index is 20.4. The van der Waals surface area contributed by atoms with E-state index in [1.807, 2.05) is 0 Å². The molecule has 0 aliphatic rings. The van der Waals surface area contributed by atoms with Crippen molar-refractivity contribution in [2.24, 2.45) is 11.5 Å². The van der Waals surface area contributed by atoms with Gasteiger partial charge in [0.2, 0.25) is 0 Å². The summed E-state index contributed by atoms with van der Waals surface area (Å²) in [5, 5.41) is 5.86. The molecule has 0 heterocycles.